The maximum Gasteiger partial charge on any atom is 0.261 e. The summed E-state index contributed by atoms with van der Waals surface area (Å²) in [4.78, 5) is 27.5. The third-order valence-corrected chi connectivity index (χ3v) is 7.43. The number of carbonyl (C=O) groups excluding carboxylic acids is 2. The fraction of sp³-hybridized carbons (Fsp3) is 0.278. The molecule has 0 aliphatic heterocycles. The molecule has 8 nitrogen and oxygen atoms in total. The van der Waals surface area contributed by atoms with E-state index in [1.54, 1.807) is 18.2 Å². The molecular formula is C36H42N2O6S. The molecule has 0 aromatic heterocycles. The Morgan fingerprint density at radius 1 is 0.733 bits per heavy atom. The van der Waals surface area contributed by atoms with E-state index in [9.17, 15) is 18.0 Å². The Morgan fingerprint density at radius 3 is 1.73 bits per heavy atom. The lowest BCUT2D eigenvalue weighted by atomic mass is 9.82. The van der Waals surface area contributed by atoms with Crippen LogP contribution in [-0.4, -0.2) is 36.8 Å². The largest absolute Gasteiger partial charge is 0.457 e. The molecule has 2 aliphatic carbocycles. The van der Waals surface area contributed by atoms with Crippen LogP contribution in [-0.2, 0) is 10.1 Å². The first-order valence-electron chi connectivity index (χ1n) is 15.2. The van der Waals surface area contributed by atoms with E-state index in [1.165, 1.54) is 24.8 Å². The van der Waals surface area contributed by atoms with E-state index in [-0.39, 0.29) is 13.0 Å². The Hall–Kier alpha value is -4.47. The van der Waals surface area contributed by atoms with Crippen LogP contribution >= 0.6 is 0 Å². The highest BCUT2D eigenvalue weighted by Gasteiger charge is 2.34. The summed E-state index contributed by atoms with van der Waals surface area (Å²) in [6.07, 6.45) is 6.47. The van der Waals surface area contributed by atoms with Crippen LogP contribution in [0.5, 0.6) is 11.5 Å². The van der Waals surface area contributed by atoms with Crippen LogP contribution in [0.2, 0.25) is 0 Å². The summed E-state index contributed by atoms with van der Waals surface area (Å²) in [5.74, 6) is 1.24. The van der Waals surface area contributed by atoms with E-state index in [4.69, 9.17) is 9.29 Å². The highest BCUT2D eigenvalue weighted by molar-refractivity contribution is 7.85. The summed E-state index contributed by atoms with van der Waals surface area (Å²) in [6.45, 7) is 6.04. The second kappa shape index (κ2) is 15.0. The van der Waals surface area contributed by atoms with Gasteiger partial charge in [0, 0.05) is 30.0 Å². The minimum absolute atomic E-state index is 0. The zero-order valence-electron chi connectivity index (χ0n) is 26.1. The lowest BCUT2D eigenvalue weighted by molar-refractivity contribution is 0.0980. The number of fused-ring (bicyclic) bond motifs is 2. The number of rotatable bonds is 6. The Balaban J connectivity index is 0.000000659. The lowest BCUT2D eigenvalue weighted by Gasteiger charge is -2.28. The van der Waals surface area contributed by atoms with Gasteiger partial charge >= 0.3 is 0 Å². The van der Waals surface area contributed by atoms with Gasteiger partial charge in [-0.25, -0.2) is 0 Å². The van der Waals surface area contributed by atoms with Crippen LogP contribution in [0, 0.1) is 6.92 Å². The number of hydrogen-bond acceptors (Lipinski definition) is 7. The Labute approximate surface area is 267 Å². The van der Waals surface area contributed by atoms with Gasteiger partial charge in [-0.2, -0.15) is 8.42 Å². The van der Waals surface area contributed by atoms with E-state index in [1.807, 2.05) is 87.5 Å². The van der Waals surface area contributed by atoms with E-state index in [2.05, 4.69) is 10.6 Å². The van der Waals surface area contributed by atoms with Gasteiger partial charge in [-0.15, -0.1) is 0 Å². The molecular weight excluding hydrogens is 588 g/mol. The Morgan fingerprint density at radius 2 is 1.20 bits per heavy atom. The smallest absolute Gasteiger partial charge is 0.261 e. The van der Waals surface area contributed by atoms with Crippen molar-refractivity contribution in [3.05, 3.63) is 113 Å². The molecule has 0 amide bonds. The fourth-order valence-electron chi connectivity index (χ4n) is 5.42. The van der Waals surface area contributed by atoms with Gasteiger partial charge in [-0.3, -0.25) is 14.1 Å². The van der Waals surface area contributed by atoms with Crippen LogP contribution in [0.25, 0.3) is 0 Å². The molecule has 4 aromatic rings. The topological polar surface area (TPSA) is 122 Å². The molecule has 6 rings (SSSR count). The summed E-state index contributed by atoms with van der Waals surface area (Å²) in [5.41, 5.74) is 5.14. The van der Waals surface area contributed by atoms with Crippen molar-refractivity contribution in [1.29, 1.82) is 0 Å². The number of carbonyl (C=O) groups is 2. The lowest BCUT2D eigenvalue weighted by Crippen LogP contribution is -2.27. The zero-order chi connectivity index (χ0) is 32.6. The quantitative estimate of drug-likeness (QED) is 0.159. The average molecular weight is 631 g/mol. The van der Waals surface area contributed by atoms with E-state index in [0.717, 1.165) is 30.0 Å². The van der Waals surface area contributed by atoms with Crippen molar-refractivity contribution in [2.24, 2.45) is 0 Å². The number of anilines is 3. The van der Waals surface area contributed by atoms with Crippen LogP contribution in [0.3, 0.4) is 0 Å². The molecule has 2 aliphatic rings. The monoisotopic (exact) mass is 630 g/mol. The summed E-state index contributed by atoms with van der Waals surface area (Å²) in [7, 11) is -3.67. The molecule has 3 N–H and O–H groups in total. The molecule has 1 saturated carbocycles. The van der Waals surface area contributed by atoms with Crippen LogP contribution in [0.1, 0.15) is 84.8 Å². The third kappa shape index (κ3) is 8.80. The fourth-order valence-corrected chi connectivity index (χ4v) is 5.42. The van der Waals surface area contributed by atoms with Crippen molar-refractivity contribution in [1.82, 2.24) is 0 Å². The summed E-state index contributed by atoms with van der Waals surface area (Å²) >= 11 is 0. The molecule has 0 bridgehead atoms. The van der Waals surface area contributed by atoms with Gasteiger partial charge in [0.1, 0.15) is 11.5 Å². The van der Waals surface area contributed by atoms with Crippen molar-refractivity contribution >= 4 is 38.7 Å². The van der Waals surface area contributed by atoms with Gasteiger partial charge in [-0.05, 0) is 68.3 Å². The predicted molar refractivity (Wildman–Crippen MR) is 182 cm³/mol. The molecule has 0 radical (unpaired) electrons. The zero-order valence-corrected chi connectivity index (χ0v) is 26.9. The molecule has 0 atom stereocenters. The first kappa shape index (κ1) is 33.4. The predicted octanol–water partition coefficient (Wildman–Crippen LogP) is 8.83. The maximum atomic E-state index is 13.8. The Kier molecular flexibility index (Phi) is 11.1. The van der Waals surface area contributed by atoms with E-state index < -0.39 is 10.1 Å². The number of nitrogens with one attached hydrogen (secondary N) is 2. The summed E-state index contributed by atoms with van der Waals surface area (Å²) < 4.78 is 31.8. The Bertz CT molecular complexity index is 1740. The molecule has 0 unspecified atom stereocenters. The average Bonchev–Trinajstić information content (AvgIpc) is 3.03. The highest BCUT2D eigenvalue weighted by Crippen LogP contribution is 2.39. The van der Waals surface area contributed by atoms with Crippen LogP contribution in [0.15, 0.2) is 84.9 Å². The minimum atomic E-state index is -3.67. The third-order valence-electron chi connectivity index (χ3n) is 7.43. The number of benzene rings is 4. The van der Waals surface area contributed by atoms with Crippen LogP contribution < -0.4 is 15.4 Å². The molecule has 0 heterocycles. The number of ketones is 2. The standard InChI is InChI=1S/C33H30N2O3.C2H6.CH4O3S.H2/c1-21-11-15-24(16-12-21)38-25-17-13-23(14-18-25)35-29-20-19-28(34-22-7-3-2-4-8-22)30-31(29)33(37)27-10-6-5-9-26(27)32(30)36;1-2;1-5(2,3)4;/h5-6,9-20,22,34-35H,2-4,7-8H2,1H3;1-2H3;1H3,(H,2,3,4);1H. The molecule has 0 spiro atoms. The number of hydrogen-bond donors (Lipinski definition) is 3. The number of aryl methyl sites for hydroxylation is 1. The summed E-state index contributed by atoms with van der Waals surface area (Å²) in [6, 6.07) is 26.7. The molecule has 4 aromatic carbocycles. The number of ether oxygens (including phenoxy) is 1. The first-order chi connectivity index (χ1) is 21.6. The molecule has 45 heavy (non-hydrogen) atoms. The minimum Gasteiger partial charge on any atom is -0.457 e. The SMILES string of the molecule is CC.CS(=O)(=O)O.Cc1ccc(Oc2ccc(Nc3ccc(NC4CCCCC4)c4c3C(=O)c3ccccc3C4=O)cc2)cc1.[HH]. The van der Waals surface area contributed by atoms with Crippen molar-refractivity contribution in [2.75, 3.05) is 16.9 Å². The van der Waals surface area contributed by atoms with Gasteiger partial charge in [0.2, 0.25) is 0 Å². The molecule has 1 fully saturated rings. The summed E-state index contributed by atoms with van der Waals surface area (Å²) in [5, 5.41) is 6.99. The molecule has 0 saturated heterocycles. The van der Waals surface area contributed by atoms with Gasteiger partial charge in [0.05, 0.1) is 23.1 Å². The van der Waals surface area contributed by atoms with E-state index in [0.29, 0.717) is 46.0 Å². The van der Waals surface area contributed by atoms with Crippen molar-refractivity contribution in [3.63, 3.8) is 0 Å². The van der Waals surface area contributed by atoms with Crippen molar-refractivity contribution in [2.45, 2.75) is 58.9 Å². The van der Waals surface area contributed by atoms with Crippen LogP contribution in [0.4, 0.5) is 17.1 Å². The van der Waals surface area contributed by atoms with Crippen molar-refractivity contribution in [3.8, 4) is 11.5 Å². The van der Waals surface area contributed by atoms with E-state index >= 15 is 0 Å². The normalized spacial score (nSPS) is 14.1. The second-order valence-electron chi connectivity index (χ2n) is 10.9. The highest BCUT2D eigenvalue weighted by atomic mass is 32.2. The van der Waals surface area contributed by atoms with Gasteiger partial charge in [0.15, 0.2) is 11.6 Å². The van der Waals surface area contributed by atoms with Gasteiger partial charge in [-0.1, -0.05) is 75.1 Å². The second-order valence-corrected chi connectivity index (χ2v) is 12.4. The molecule has 9 heteroatoms. The van der Waals surface area contributed by atoms with Gasteiger partial charge in [0.25, 0.3) is 10.1 Å². The first-order valence-corrected chi connectivity index (χ1v) is 17.1. The van der Waals surface area contributed by atoms with Gasteiger partial charge < -0.3 is 15.4 Å². The maximum absolute atomic E-state index is 13.8. The van der Waals surface area contributed by atoms with Crippen molar-refractivity contribution < 1.29 is 28.7 Å². The molecule has 238 valence electrons.